The number of halogens is 1. The molecule has 0 saturated carbocycles. The summed E-state index contributed by atoms with van der Waals surface area (Å²) in [7, 11) is 3.68. The second-order valence-electron chi connectivity index (χ2n) is 5.63. The molecule has 2 rings (SSSR count). The van der Waals surface area contributed by atoms with Crippen molar-refractivity contribution in [2.75, 3.05) is 27.2 Å². The summed E-state index contributed by atoms with van der Waals surface area (Å²) in [6.45, 7) is 0.719. The monoisotopic (exact) mass is 336 g/mol. The number of aliphatic hydroxyl groups is 1. The van der Waals surface area contributed by atoms with Crippen molar-refractivity contribution >= 4 is 5.91 Å². The summed E-state index contributed by atoms with van der Waals surface area (Å²) in [6, 6.07) is 8.80. The van der Waals surface area contributed by atoms with E-state index in [-0.39, 0.29) is 24.7 Å². The molecular formula is C17H21FN2O4. The Morgan fingerprint density at radius 2 is 2.00 bits per heavy atom. The molecule has 2 N–H and O–H groups in total. The summed E-state index contributed by atoms with van der Waals surface area (Å²) in [4.78, 5) is 13.8. The summed E-state index contributed by atoms with van der Waals surface area (Å²) < 4.78 is 23.6. The van der Waals surface area contributed by atoms with Crippen LogP contribution >= 0.6 is 0 Å². The van der Waals surface area contributed by atoms with E-state index < -0.39 is 12.0 Å². The van der Waals surface area contributed by atoms with Gasteiger partial charge in [-0.25, -0.2) is 4.39 Å². The second-order valence-corrected chi connectivity index (χ2v) is 5.63. The highest BCUT2D eigenvalue weighted by Crippen LogP contribution is 2.15. The molecule has 0 aliphatic rings. The fourth-order valence-electron chi connectivity index (χ4n) is 2.05. The van der Waals surface area contributed by atoms with Crippen LogP contribution in [0.3, 0.4) is 0 Å². The van der Waals surface area contributed by atoms with Crippen LogP contribution in [0.25, 0.3) is 0 Å². The number of benzene rings is 1. The normalized spacial score (nSPS) is 12.2. The summed E-state index contributed by atoms with van der Waals surface area (Å²) in [5, 5.41) is 12.3. The maximum absolute atomic E-state index is 12.8. The number of likely N-dealkylation sites (N-methyl/N-ethyl adjacent to an activating group) is 1. The van der Waals surface area contributed by atoms with Gasteiger partial charge in [0.15, 0.2) is 5.76 Å². The van der Waals surface area contributed by atoms with Gasteiger partial charge in [0.05, 0.1) is 6.10 Å². The van der Waals surface area contributed by atoms with E-state index in [1.807, 2.05) is 19.0 Å². The number of carbonyl (C=O) groups excluding carboxylic acids is 1. The number of aliphatic hydroxyl groups excluding tert-OH is 1. The standard InChI is InChI=1S/C17H21FN2O4/c1-20(2)10-13(21)9-19-17(22)16-8-7-15(24-16)11-23-14-5-3-12(18)4-6-14/h3-8,13,21H,9-11H2,1-2H3,(H,19,22). The fourth-order valence-corrected chi connectivity index (χ4v) is 2.05. The van der Waals surface area contributed by atoms with Crippen molar-refractivity contribution in [3.8, 4) is 5.75 Å². The van der Waals surface area contributed by atoms with E-state index in [4.69, 9.17) is 9.15 Å². The topological polar surface area (TPSA) is 74.9 Å². The average molecular weight is 336 g/mol. The molecule has 6 nitrogen and oxygen atoms in total. The van der Waals surface area contributed by atoms with Crippen molar-refractivity contribution in [1.82, 2.24) is 10.2 Å². The molecule has 0 fully saturated rings. The van der Waals surface area contributed by atoms with Crippen molar-refractivity contribution in [2.45, 2.75) is 12.7 Å². The van der Waals surface area contributed by atoms with E-state index in [0.29, 0.717) is 18.1 Å². The van der Waals surface area contributed by atoms with E-state index in [2.05, 4.69) is 5.32 Å². The van der Waals surface area contributed by atoms with Gasteiger partial charge in [0, 0.05) is 13.1 Å². The van der Waals surface area contributed by atoms with Gasteiger partial charge >= 0.3 is 0 Å². The Bertz CT molecular complexity index is 655. The van der Waals surface area contributed by atoms with Crippen molar-refractivity contribution < 1.29 is 23.4 Å². The van der Waals surface area contributed by atoms with Crippen molar-refractivity contribution in [3.63, 3.8) is 0 Å². The number of furan rings is 1. The summed E-state index contributed by atoms with van der Waals surface area (Å²) >= 11 is 0. The SMILES string of the molecule is CN(C)CC(O)CNC(=O)c1ccc(COc2ccc(F)cc2)o1. The number of nitrogens with zero attached hydrogens (tertiary/aromatic N) is 1. The lowest BCUT2D eigenvalue weighted by Gasteiger charge is -2.15. The molecule has 1 amide bonds. The summed E-state index contributed by atoms with van der Waals surface area (Å²) in [6.07, 6.45) is -0.653. The minimum Gasteiger partial charge on any atom is -0.486 e. The Morgan fingerprint density at radius 1 is 1.29 bits per heavy atom. The number of nitrogens with one attached hydrogen (secondary N) is 1. The third-order valence-corrected chi connectivity index (χ3v) is 3.15. The average Bonchev–Trinajstić information content (AvgIpc) is 3.00. The van der Waals surface area contributed by atoms with Crippen LogP contribution in [0.4, 0.5) is 4.39 Å². The highest BCUT2D eigenvalue weighted by molar-refractivity contribution is 5.91. The molecule has 24 heavy (non-hydrogen) atoms. The zero-order chi connectivity index (χ0) is 17.5. The molecule has 0 bridgehead atoms. The van der Waals surface area contributed by atoms with Crippen LogP contribution in [-0.4, -0.2) is 49.2 Å². The molecule has 1 aromatic carbocycles. The Balaban J connectivity index is 1.81. The van der Waals surface area contributed by atoms with Gasteiger partial charge in [0.25, 0.3) is 5.91 Å². The van der Waals surface area contributed by atoms with Gasteiger partial charge in [-0.2, -0.15) is 0 Å². The number of carbonyl (C=O) groups is 1. The van der Waals surface area contributed by atoms with Gasteiger partial charge in [0.1, 0.15) is 23.9 Å². The highest BCUT2D eigenvalue weighted by atomic mass is 19.1. The van der Waals surface area contributed by atoms with E-state index in [9.17, 15) is 14.3 Å². The van der Waals surface area contributed by atoms with Crippen molar-refractivity contribution in [1.29, 1.82) is 0 Å². The minimum absolute atomic E-state index is 0.127. The number of hydrogen-bond donors (Lipinski definition) is 2. The number of rotatable bonds is 8. The minimum atomic E-state index is -0.653. The number of amides is 1. The predicted octanol–water partition coefficient (Wildman–Crippen LogP) is 1.65. The first-order valence-corrected chi connectivity index (χ1v) is 7.52. The van der Waals surface area contributed by atoms with Crippen LogP contribution in [0.15, 0.2) is 40.8 Å². The molecule has 1 atom stereocenters. The Labute approximate surface area is 139 Å². The van der Waals surface area contributed by atoms with Crippen LogP contribution < -0.4 is 10.1 Å². The Hall–Kier alpha value is -2.38. The first-order valence-electron chi connectivity index (χ1n) is 7.52. The molecule has 1 aromatic heterocycles. The number of ether oxygens (including phenoxy) is 1. The second kappa shape index (κ2) is 8.47. The van der Waals surface area contributed by atoms with E-state index >= 15 is 0 Å². The van der Waals surface area contributed by atoms with Crippen molar-refractivity contribution in [2.24, 2.45) is 0 Å². The van der Waals surface area contributed by atoms with Crippen LogP contribution in [-0.2, 0) is 6.61 Å². The van der Waals surface area contributed by atoms with Gasteiger partial charge in [0.2, 0.25) is 0 Å². The lowest BCUT2D eigenvalue weighted by atomic mass is 10.3. The molecule has 0 aliphatic heterocycles. The third-order valence-electron chi connectivity index (χ3n) is 3.15. The van der Waals surface area contributed by atoms with E-state index in [1.54, 1.807) is 6.07 Å². The van der Waals surface area contributed by atoms with Gasteiger partial charge in [-0.1, -0.05) is 0 Å². The van der Waals surface area contributed by atoms with Gasteiger partial charge in [-0.05, 0) is 50.5 Å². The summed E-state index contributed by atoms with van der Waals surface area (Å²) in [5.74, 6) is 0.380. The molecule has 2 aromatic rings. The van der Waals surface area contributed by atoms with Crippen molar-refractivity contribution in [3.05, 3.63) is 53.7 Å². The molecule has 1 heterocycles. The molecule has 1 unspecified atom stereocenters. The molecule has 0 aliphatic carbocycles. The van der Waals surface area contributed by atoms with Crippen LogP contribution in [0.5, 0.6) is 5.75 Å². The summed E-state index contributed by atoms with van der Waals surface area (Å²) in [5.41, 5.74) is 0. The van der Waals surface area contributed by atoms with Gasteiger partial charge in [-0.15, -0.1) is 0 Å². The van der Waals surface area contributed by atoms with Crippen LogP contribution in [0.1, 0.15) is 16.3 Å². The third kappa shape index (κ3) is 5.68. The lowest BCUT2D eigenvalue weighted by molar-refractivity contribution is 0.0862. The maximum Gasteiger partial charge on any atom is 0.287 e. The molecule has 0 spiro atoms. The van der Waals surface area contributed by atoms with Crippen LogP contribution in [0, 0.1) is 5.82 Å². The Morgan fingerprint density at radius 3 is 2.67 bits per heavy atom. The number of hydrogen-bond acceptors (Lipinski definition) is 5. The highest BCUT2D eigenvalue weighted by Gasteiger charge is 2.13. The molecule has 130 valence electrons. The smallest absolute Gasteiger partial charge is 0.287 e. The molecule has 0 saturated heterocycles. The zero-order valence-electron chi connectivity index (χ0n) is 13.7. The zero-order valence-corrected chi connectivity index (χ0v) is 13.7. The quantitative estimate of drug-likeness (QED) is 0.767. The van der Waals surface area contributed by atoms with Crippen LogP contribution in [0.2, 0.25) is 0 Å². The molecular weight excluding hydrogens is 315 g/mol. The first kappa shape index (κ1) is 18.0. The van der Waals surface area contributed by atoms with E-state index in [0.717, 1.165) is 0 Å². The molecule has 7 heteroatoms. The maximum atomic E-state index is 12.8. The Kier molecular flexibility index (Phi) is 6.34. The first-order chi connectivity index (χ1) is 11.4. The fraction of sp³-hybridized carbons (Fsp3) is 0.353. The van der Waals surface area contributed by atoms with Gasteiger partial charge in [-0.3, -0.25) is 4.79 Å². The predicted molar refractivity (Wildman–Crippen MR) is 86.3 cm³/mol. The van der Waals surface area contributed by atoms with Gasteiger partial charge < -0.3 is 24.5 Å². The van der Waals surface area contributed by atoms with E-state index in [1.165, 1.54) is 30.3 Å². The molecule has 0 radical (unpaired) electrons. The lowest BCUT2D eigenvalue weighted by Crippen LogP contribution is -2.37. The largest absolute Gasteiger partial charge is 0.486 e.